The maximum Gasteiger partial charge on any atom is 0.133 e. The molecule has 0 spiro atoms. The minimum absolute atomic E-state index is 0.00943. The molecule has 0 amide bonds. The highest BCUT2D eigenvalue weighted by molar-refractivity contribution is 14.1. The Bertz CT molecular complexity index is 454. The molecule has 1 aromatic rings. The number of phenols is 1. The van der Waals surface area contributed by atoms with Gasteiger partial charge in [0, 0.05) is 18.7 Å². The van der Waals surface area contributed by atoms with Gasteiger partial charge in [-0.25, -0.2) is 0 Å². The van der Waals surface area contributed by atoms with Crippen molar-refractivity contribution in [1.82, 2.24) is 4.90 Å². The van der Waals surface area contributed by atoms with Gasteiger partial charge in [-0.2, -0.15) is 5.26 Å². The van der Waals surface area contributed by atoms with Crippen LogP contribution in [0.2, 0.25) is 0 Å². The summed E-state index contributed by atoms with van der Waals surface area (Å²) in [4.78, 5) is 2.19. The second-order valence-electron chi connectivity index (χ2n) is 4.55. The second-order valence-corrected chi connectivity index (χ2v) is 5.71. The molecule has 4 heteroatoms. The summed E-state index contributed by atoms with van der Waals surface area (Å²) in [5.41, 5.74) is 2.06. The van der Waals surface area contributed by atoms with Gasteiger partial charge in [-0.05, 0) is 54.6 Å². The summed E-state index contributed by atoms with van der Waals surface area (Å²) >= 11 is 2.14. The Kier molecular flexibility index (Phi) is 5.89. The van der Waals surface area contributed by atoms with Gasteiger partial charge in [-0.15, -0.1) is 0 Å². The number of aromatic hydroxyl groups is 1. The quantitative estimate of drug-likeness (QED) is 0.822. The molecular weight excluding hydrogens is 339 g/mol. The average Bonchev–Trinajstić information content (AvgIpc) is 2.37. The molecule has 0 aliphatic heterocycles. The van der Waals surface area contributed by atoms with Crippen molar-refractivity contribution in [3.05, 3.63) is 26.8 Å². The fraction of sp³-hybridized carbons (Fsp3) is 0.500. The van der Waals surface area contributed by atoms with E-state index in [4.69, 9.17) is 5.26 Å². The molecular formula is C14H19IN2O. The minimum Gasteiger partial charge on any atom is -0.506 e. The van der Waals surface area contributed by atoms with E-state index < -0.39 is 0 Å². The number of halogens is 1. The van der Waals surface area contributed by atoms with E-state index in [2.05, 4.69) is 40.5 Å². The summed E-state index contributed by atoms with van der Waals surface area (Å²) in [5, 5.41) is 19.0. The number of benzene rings is 1. The van der Waals surface area contributed by atoms with Crippen LogP contribution in [0.3, 0.4) is 0 Å². The number of hydrogen-bond donors (Lipinski definition) is 1. The predicted molar refractivity (Wildman–Crippen MR) is 81.3 cm³/mol. The molecule has 0 heterocycles. The molecule has 1 aromatic carbocycles. The lowest BCUT2D eigenvalue weighted by molar-refractivity contribution is 0.256. The van der Waals surface area contributed by atoms with Crippen molar-refractivity contribution < 1.29 is 5.11 Å². The Morgan fingerprint density at radius 2 is 2.17 bits per heavy atom. The third kappa shape index (κ3) is 3.85. The van der Waals surface area contributed by atoms with Gasteiger partial charge in [0.1, 0.15) is 5.75 Å². The summed E-state index contributed by atoms with van der Waals surface area (Å²) in [5.74, 6) is 0.383. The topological polar surface area (TPSA) is 47.3 Å². The van der Waals surface area contributed by atoms with Crippen molar-refractivity contribution in [1.29, 1.82) is 5.26 Å². The second kappa shape index (κ2) is 6.95. The molecule has 18 heavy (non-hydrogen) atoms. The zero-order valence-corrected chi connectivity index (χ0v) is 13.2. The van der Waals surface area contributed by atoms with Gasteiger partial charge in [-0.3, -0.25) is 4.90 Å². The largest absolute Gasteiger partial charge is 0.506 e. The lowest BCUT2D eigenvalue weighted by Gasteiger charge is -2.23. The highest BCUT2D eigenvalue weighted by Crippen LogP contribution is 2.28. The third-order valence-corrected chi connectivity index (χ3v) is 3.92. The maximum atomic E-state index is 10.1. The smallest absolute Gasteiger partial charge is 0.133 e. The number of nitrogens with zero attached hydrogens (tertiary/aromatic N) is 2. The molecule has 1 rings (SSSR count). The van der Waals surface area contributed by atoms with Gasteiger partial charge < -0.3 is 5.11 Å². The molecule has 0 bridgehead atoms. The lowest BCUT2D eigenvalue weighted by Crippen LogP contribution is -2.28. The molecule has 0 aliphatic carbocycles. The molecule has 0 radical (unpaired) electrons. The lowest BCUT2D eigenvalue weighted by atomic mass is 10.1. The van der Waals surface area contributed by atoms with E-state index in [1.165, 1.54) is 0 Å². The Morgan fingerprint density at radius 3 is 2.72 bits per heavy atom. The van der Waals surface area contributed by atoms with Gasteiger partial charge >= 0.3 is 0 Å². The third-order valence-electron chi connectivity index (χ3n) is 3.05. The predicted octanol–water partition coefficient (Wildman–Crippen LogP) is 3.29. The fourth-order valence-corrected chi connectivity index (χ4v) is 2.37. The summed E-state index contributed by atoms with van der Waals surface area (Å²) < 4.78 is 0.873. The molecule has 0 saturated heterocycles. The van der Waals surface area contributed by atoms with Crippen LogP contribution in [0.25, 0.3) is 0 Å². The molecule has 1 atom stereocenters. The van der Waals surface area contributed by atoms with Crippen molar-refractivity contribution in [2.45, 2.75) is 27.3 Å². The summed E-state index contributed by atoms with van der Waals surface area (Å²) in [6.45, 7) is 8.30. The van der Waals surface area contributed by atoms with Crippen molar-refractivity contribution in [2.75, 3.05) is 13.1 Å². The molecule has 0 unspecified atom stereocenters. The van der Waals surface area contributed by atoms with Crippen LogP contribution in [0.1, 0.15) is 25.0 Å². The van der Waals surface area contributed by atoms with E-state index in [-0.39, 0.29) is 5.92 Å². The molecule has 0 fully saturated rings. The first-order valence-corrected chi connectivity index (χ1v) is 7.16. The van der Waals surface area contributed by atoms with Crippen LogP contribution in [0.4, 0.5) is 0 Å². The average molecular weight is 358 g/mol. The number of phenolic OH excluding ortho intramolecular Hbond substituents is 1. The highest BCUT2D eigenvalue weighted by atomic mass is 127. The summed E-state index contributed by atoms with van der Waals surface area (Å²) in [6, 6.07) is 6.20. The van der Waals surface area contributed by atoms with Crippen LogP contribution in [0, 0.1) is 27.7 Å². The van der Waals surface area contributed by atoms with Crippen LogP contribution in [0.15, 0.2) is 12.1 Å². The van der Waals surface area contributed by atoms with Crippen molar-refractivity contribution in [3.8, 4) is 11.8 Å². The van der Waals surface area contributed by atoms with Crippen molar-refractivity contribution >= 4 is 22.6 Å². The van der Waals surface area contributed by atoms with E-state index in [1.54, 1.807) is 0 Å². The Hall–Kier alpha value is -0.800. The Morgan fingerprint density at radius 1 is 1.50 bits per heavy atom. The first-order valence-electron chi connectivity index (χ1n) is 6.08. The zero-order chi connectivity index (χ0) is 13.7. The van der Waals surface area contributed by atoms with Crippen LogP contribution in [-0.4, -0.2) is 23.1 Å². The molecule has 0 aromatic heterocycles. The van der Waals surface area contributed by atoms with Crippen LogP contribution in [0.5, 0.6) is 5.75 Å². The number of rotatable bonds is 5. The molecule has 98 valence electrons. The van der Waals surface area contributed by atoms with E-state index in [0.717, 1.165) is 27.8 Å². The fourth-order valence-electron chi connectivity index (χ4n) is 1.87. The van der Waals surface area contributed by atoms with Gasteiger partial charge in [-0.1, -0.05) is 13.0 Å². The van der Waals surface area contributed by atoms with Crippen LogP contribution < -0.4 is 0 Å². The first-order chi connectivity index (χ1) is 8.49. The zero-order valence-electron chi connectivity index (χ0n) is 11.1. The van der Waals surface area contributed by atoms with E-state index in [0.29, 0.717) is 12.3 Å². The highest BCUT2D eigenvalue weighted by Gasteiger charge is 2.14. The minimum atomic E-state index is 0.00943. The monoisotopic (exact) mass is 358 g/mol. The molecule has 0 saturated carbocycles. The normalized spacial score (nSPS) is 12.4. The van der Waals surface area contributed by atoms with Crippen LogP contribution >= 0.6 is 22.6 Å². The van der Waals surface area contributed by atoms with Gasteiger partial charge in [0.25, 0.3) is 0 Å². The molecule has 3 nitrogen and oxygen atoms in total. The van der Waals surface area contributed by atoms with E-state index in [1.807, 2.05) is 26.0 Å². The SMILES string of the molecule is CCN(Cc1c(C)ccc(I)c1O)C[C@@H](C)C#N. The Labute approximate surface area is 123 Å². The van der Waals surface area contributed by atoms with E-state index in [9.17, 15) is 5.11 Å². The summed E-state index contributed by atoms with van der Waals surface area (Å²) in [7, 11) is 0. The molecule has 0 aliphatic rings. The molecule has 1 N–H and O–H groups in total. The van der Waals surface area contributed by atoms with Crippen molar-refractivity contribution in [3.63, 3.8) is 0 Å². The van der Waals surface area contributed by atoms with Crippen LogP contribution in [-0.2, 0) is 6.54 Å². The Balaban J connectivity index is 2.89. The maximum absolute atomic E-state index is 10.1. The van der Waals surface area contributed by atoms with Gasteiger partial charge in [0.2, 0.25) is 0 Å². The standard InChI is InChI=1S/C14H19IN2O/c1-4-17(8-10(2)7-16)9-12-11(3)5-6-13(15)14(12)18/h5-6,10,18H,4,8-9H2,1-3H3/t10-/m0/s1. The van der Waals surface area contributed by atoms with E-state index >= 15 is 0 Å². The number of aryl methyl sites for hydroxylation is 1. The van der Waals surface area contributed by atoms with Gasteiger partial charge in [0.15, 0.2) is 0 Å². The van der Waals surface area contributed by atoms with Gasteiger partial charge in [0.05, 0.1) is 15.6 Å². The first kappa shape index (κ1) is 15.3. The van der Waals surface area contributed by atoms with Crippen molar-refractivity contribution in [2.24, 2.45) is 5.92 Å². The number of hydrogen-bond acceptors (Lipinski definition) is 3. The number of nitriles is 1. The summed E-state index contributed by atoms with van der Waals surface area (Å²) in [6.07, 6.45) is 0.